The van der Waals surface area contributed by atoms with Crippen molar-refractivity contribution in [2.45, 2.75) is 6.92 Å². The number of oxazole rings is 1. The molecule has 0 atom stereocenters. The van der Waals surface area contributed by atoms with Crippen LogP contribution >= 0.6 is 0 Å². The minimum absolute atomic E-state index is 0.537. The lowest BCUT2D eigenvalue weighted by Crippen LogP contribution is -2.07. The largest absolute Gasteiger partial charge is 0.423 e. The topological polar surface area (TPSA) is 74.0 Å². The number of hydrogen-bond acceptors (Lipinski definition) is 5. The highest BCUT2D eigenvalue weighted by atomic mass is 16.4. The fourth-order valence-electron chi connectivity index (χ4n) is 6.70. The molecule has 7 nitrogen and oxygen atoms in total. The summed E-state index contributed by atoms with van der Waals surface area (Å²) in [4.78, 5) is 20.2. The number of aromatic nitrogens is 6. The first kappa shape index (κ1) is 29.3. The molecule has 0 spiro atoms. The van der Waals surface area contributed by atoms with Crippen molar-refractivity contribution in [3.63, 3.8) is 0 Å². The highest BCUT2D eigenvalue weighted by Gasteiger charge is 2.23. The summed E-state index contributed by atoms with van der Waals surface area (Å²) in [5.41, 5.74) is 9.39. The summed E-state index contributed by atoms with van der Waals surface area (Å²) < 4.78 is 10.5. The van der Waals surface area contributed by atoms with Gasteiger partial charge >= 0.3 is 5.84 Å². The molecule has 4 aromatic heterocycles. The molecule has 0 saturated carbocycles. The summed E-state index contributed by atoms with van der Waals surface area (Å²) in [5.74, 6) is 2.27. The second kappa shape index (κ2) is 12.0. The Bertz CT molecular complexity index is 2780. The molecular weight excluding hydrogens is 617 g/mol. The molecule has 0 fully saturated rings. The Balaban J connectivity index is 1.29. The molecule has 0 amide bonds. The average Bonchev–Trinajstić information content (AvgIpc) is 3.83. The van der Waals surface area contributed by atoms with E-state index in [0.29, 0.717) is 23.4 Å². The third kappa shape index (κ3) is 4.75. The quantitative estimate of drug-likeness (QED) is 0.161. The molecular formula is C43H30N6O. The molecule has 0 bridgehead atoms. The average molecular weight is 647 g/mol. The van der Waals surface area contributed by atoms with Gasteiger partial charge in [-0.1, -0.05) is 128 Å². The monoisotopic (exact) mass is 646 g/mol. The van der Waals surface area contributed by atoms with Gasteiger partial charge in [-0.05, 0) is 37.3 Å². The standard InChI is InChI=1S/C43H30N6O/c1-3-5-16-28(4-2)40-45-41(30-19-10-7-11-20-30)47-42(46-40)48-34-22-13-12-21-32(34)33-27-31(25-26-35(33)48)38-39(29-17-8-6-9-18-29)49-36-23-14-15-24-37(36)50-43(49)44-38/h3-27H,1H2,2H3/b16-5-,28-4+. The lowest BCUT2D eigenvalue weighted by Gasteiger charge is -2.11. The number of imidazole rings is 1. The number of fused-ring (bicyclic) bond motifs is 6. The van der Waals surface area contributed by atoms with Crippen LogP contribution in [-0.4, -0.2) is 28.9 Å². The maximum atomic E-state index is 6.26. The van der Waals surface area contributed by atoms with Crippen LogP contribution in [0.5, 0.6) is 0 Å². The Labute approximate surface area is 287 Å². The van der Waals surface area contributed by atoms with E-state index in [1.807, 2.05) is 85.8 Å². The van der Waals surface area contributed by atoms with Crippen molar-refractivity contribution < 1.29 is 4.42 Å². The van der Waals surface area contributed by atoms with Gasteiger partial charge in [-0.25, -0.2) is 4.98 Å². The van der Waals surface area contributed by atoms with Crippen molar-refractivity contribution in [2.24, 2.45) is 0 Å². The van der Waals surface area contributed by atoms with Gasteiger partial charge < -0.3 is 4.42 Å². The van der Waals surface area contributed by atoms with E-state index < -0.39 is 0 Å². The molecule has 0 aliphatic rings. The van der Waals surface area contributed by atoms with E-state index in [1.54, 1.807) is 6.08 Å². The first-order valence-electron chi connectivity index (χ1n) is 16.5. The predicted octanol–water partition coefficient (Wildman–Crippen LogP) is 10.5. The summed E-state index contributed by atoms with van der Waals surface area (Å²) in [6, 6.07) is 43.3. The van der Waals surface area contributed by atoms with E-state index in [4.69, 9.17) is 24.4 Å². The van der Waals surface area contributed by atoms with Gasteiger partial charge in [-0.2, -0.15) is 15.0 Å². The number of benzene rings is 5. The summed E-state index contributed by atoms with van der Waals surface area (Å²) in [6.45, 7) is 5.83. The highest BCUT2D eigenvalue weighted by molar-refractivity contribution is 6.10. The van der Waals surface area contributed by atoms with Crippen LogP contribution in [0.1, 0.15) is 12.7 Å². The summed E-state index contributed by atoms with van der Waals surface area (Å²) >= 11 is 0. The molecule has 0 radical (unpaired) electrons. The molecule has 7 heteroatoms. The van der Waals surface area contributed by atoms with Crippen LogP contribution in [0.4, 0.5) is 0 Å². The zero-order valence-corrected chi connectivity index (χ0v) is 27.2. The number of para-hydroxylation sites is 3. The summed E-state index contributed by atoms with van der Waals surface area (Å²) in [5, 5.41) is 2.15. The van der Waals surface area contributed by atoms with Gasteiger partial charge in [0.1, 0.15) is 5.69 Å². The molecule has 50 heavy (non-hydrogen) atoms. The molecule has 0 aliphatic heterocycles. The number of hydrogen-bond donors (Lipinski definition) is 0. The predicted molar refractivity (Wildman–Crippen MR) is 202 cm³/mol. The minimum Gasteiger partial charge on any atom is -0.423 e. The van der Waals surface area contributed by atoms with Crippen molar-refractivity contribution in [1.29, 1.82) is 0 Å². The first-order chi connectivity index (χ1) is 24.7. The van der Waals surface area contributed by atoms with Crippen molar-refractivity contribution in [3.05, 3.63) is 164 Å². The molecule has 5 aromatic carbocycles. The lowest BCUT2D eigenvalue weighted by atomic mass is 10.0. The lowest BCUT2D eigenvalue weighted by molar-refractivity contribution is 0.642. The molecule has 0 unspecified atom stereocenters. The van der Waals surface area contributed by atoms with Gasteiger partial charge in [0, 0.05) is 33.0 Å². The molecule has 0 N–H and O–H groups in total. The Morgan fingerprint density at radius 3 is 2.14 bits per heavy atom. The zero-order valence-electron chi connectivity index (χ0n) is 27.2. The number of nitrogens with zero attached hydrogens (tertiary/aromatic N) is 6. The van der Waals surface area contributed by atoms with E-state index in [0.717, 1.165) is 66.6 Å². The highest BCUT2D eigenvalue weighted by Crippen LogP contribution is 2.39. The Kier molecular flexibility index (Phi) is 7.02. The molecule has 9 aromatic rings. The van der Waals surface area contributed by atoms with Crippen LogP contribution in [0.25, 0.3) is 84.2 Å². The second-order valence-corrected chi connectivity index (χ2v) is 11.9. The van der Waals surface area contributed by atoms with E-state index in [9.17, 15) is 0 Å². The molecule has 238 valence electrons. The van der Waals surface area contributed by atoms with Gasteiger partial charge in [-0.15, -0.1) is 0 Å². The Hall–Kier alpha value is -6.86. The number of allylic oxidation sites excluding steroid dienone is 5. The summed E-state index contributed by atoms with van der Waals surface area (Å²) in [7, 11) is 0. The van der Waals surface area contributed by atoms with Crippen LogP contribution in [0.2, 0.25) is 0 Å². The van der Waals surface area contributed by atoms with Crippen molar-refractivity contribution >= 4 is 44.3 Å². The molecule has 9 rings (SSSR count). The molecule has 0 saturated heterocycles. The van der Waals surface area contributed by atoms with Crippen LogP contribution < -0.4 is 0 Å². The van der Waals surface area contributed by atoms with Crippen molar-refractivity contribution in [1.82, 2.24) is 28.9 Å². The molecule has 4 heterocycles. The SMILES string of the molecule is C=C/C=C\C(=C/C)c1nc(-c2ccccc2)nc(-n2c3ccccc3c3cc(-c4nc5oc6ccccc6n5c4-c4ccccc4)ccc32)n1. The fraction of sp³-hybridized carbons (Fsp3) is 0.0233. The van der Waals surface area contributed by atoms with Gasteiger partial charge in [0.25, 0.3) is 0 Å². The summed E-state index contributed by atoms with van der Waals surface area (Å²) in [6.07, 6.45) is 7.60. The minimum atomic E-state index is 0.537. The molecule has 0 aliphatic carbocycles. The van der Waals surface area contributed by atoms with E-state index in [1.165, 1.54) is 0 Å². The zero-order chi connectivity index (χ0) is 33.6. The maximum absolute atomic E-state index is 6.26. The van der Waals surface area contributed by atoms with Gasteiger partial charge in [0.15, 0.2) is 17.2 Å². The van der Waals surface area contributed by atoms with Gasteiger partial charge in [-0.3, -0.25) is 8.97 Å². The van der Waals surface area contributed by atoms with Crippen LogP contribution in [0, 0.1) is 0 Å². The maximum Gasteiger partial charge on any atom is 0.307 e. The van der Waals surface area contributed by atoms with Crippen LogP contribution in [-0.2, 0) is 0 Å². The second-order valence-electron chi connectivity index (χ2n) is 11.9. The number of rotatable bonds is 7. The Morgan fingerprint density at radius 2 is 1.36 bits per heavy atom. The van der Waals surface area contributed by atoms with Gasteiger partial charge in [0.05, 0.1) is 22.2 Å². The third-order valence-corrected chi connectivity index (χ3v) is 8.98. The third-order valence-electron chi connectivity index (χ3n) is 8.98. The van der Waals surface area contributed by atoms with Crippen molar-refractivity contribution in [2.75, 3.05) is 0 Å². The van der Waals surface area contributed by atoms with E-state index >= 15 is 0 Å². The van der Waals surface area contributed by atoms with Gasteiger partial charge in [0.2, 0.25) is 5.95 Å². The smallest absolute Gasteiger partial charge is 0.307 e. The van der Waals surface area contributed by atoms with E-state index in [-0.39, 0.29) is 0 Å². The first-order valence-corrected chi connectivity index (χ1v) is 16.5. The fourth-order valence-corrected chi connectivity index (χ4v) is 6.70. The van der Waals surface area contributed by atoms with E-state index in [2.05, 4.69) is 82.3 Å². The van der Waals surface area contributed by atoms with Crippen LogP contribution in [0.3, 0.4) is 0 Å². The normalized spacial score (nSPS) is 12.2. The van der Waals surface area contributed by atoms with Crippen molar-refractivity contribution in [3.8, 4) is 39.9 Å². The Morgan fingerprint density at radius 1 is 0.660 bits per heavy atom. The van der Waals surface area contributed by atoms with Crippen LogP contribution in [0.15, 0.2) is 163 Å².